The molecular weight excluding hydrogens is 668 g/mol. The third kappa shape index (κ3) is 28.3. The number of nitrogens with one attached hydrogen (secondary N) is 4. The molecule has 0 saturated heterocycles. The Hall–Kier alpha value is -3.33. The summed E-state index contributed by atoms with van der Waals surface area (Å²) in [4.78, 5) is 53.2. The van der Waals surface area contributed by atoms with Crippen molar-refractivity contribution in [1.29, 1.82) is 0 Å². The molecule has 0 unspecified atom stereocenters. The average Bonchev–Trinajstić information content (AvgIpc) is 3.62. The van der Waals surface area contributed by atoms with Gasteiger partial charge in [0.05, 0.1) is 45.3 Å². The first-order valence-electron chi connectivity index (χ1n) is 19.5. The molecule has 14 nitrogen and oxygen atoms in total. The normalized spacial score (nSPS) is 12.3. The largest absolute Gasteiger partial charge is 0.481 e. The molecule has 0 fully saturated rings. The number of hydrogen-bond acceptors (Lipinski definition) is 10. The Bertz CT molecular complexity index is 1090. The van der Waals surface area contributed by atoms with Crippen molar-refractivity contribution in [1.82, 2.24) is 25.9 Å². The fourth-order valence-electron chi connectivity index (χ4n) is 5.65. The van der Waals surface area contributed by atoms with Crippen LogP contribution >= 0.6 is 0 Å². The first-order chi connectivity index (χ1) is 25.2. The fraction of sp³-hybridized carbons (Fsp3) is 0.763. The topological polar surface area (TPSA) is 218 Å². The van der Waals surface area contributed by atoms with Gasteiger partial charge in [-0.15, -0.1) is 0 Å². The number of nitrogens with two attached hydrogens (primary N) is 1. The summed E-state index contributed by atoms with van der Waals surface area (Å²) < 4.78 is 11.1. The number of ketones is 1. The minimum absolute atomic E-state index is 0.0656. The highest BCUT2D eigenvalue weighted by Crippen LogP contribution is 2.14. The van der Waals surface area contributed by atoms with Crippen LogP contribution in [0.15, 0.2) is 24.8 Å². The molecule has 1 aromatic heterocycles. The predicted octanol–water partition coefficient (Wildman–Crippen LogP) is 4.64. The molecule has 0 aliphatic heterocycles. The molecule has 1 aromatic rings. The predicted molar refractivity (Wildman–Crippen MR) is 202 cm³/mol. The number of aliphatic carboxylic acids is 2. The van der Waals surface area contributed by atoms with E-state index in [4.69, 9.17) is 20.3 Å². The summed E-state index contributed by atoms with van der Waals surface area (Å²) >= 11 is 0. The van der Waals surface area contributed by atoms with Crippen LogP contribution in [-0.2, 0) is 35.1 Å². The van der Waals surface area contributed by atoms with Gasteiger partial charge < -0.3 is 41.0 Å². The molecule has 298 valence electrons. The zero-order valence-corrected chi connectivity index (χ0v) is 31.5. The number of rotatable bonds is 38. The van der Waals surface area contributed by atoms with Crippen LogP contribution in [0.1, 0.15) is 128 Å². The van der Waals surface area contributed by atoms with Gasteiger partial charge in [-0.3, -0.25) is 24.5 Å². The van der Waals surface area contributed by atoms with E-state index >= 15 is 0 Å². The van der Waals surface area contributed by atoms with E-state index in [1.54, 1.807) is 6.20 Å². The zero-order valence-electron chi connectivity index (χ0n) is 31.5. The number of nitrogens with zero attached hydrogens (tertiary/aromatic N) is 1. The number of Topliss-reactive ketones (excluding diaryl/α,β-unsaturated/α-hetero) is 1. The van der Waals surface area contributed by atoms with Crippen LogP contribution in [0.5, 0.6) is 0 Å². The summed E-state index contributed by atoms with van der Waals surface area (Å²) in [5.74, 6) is -1.88. The number of aromatic nitrogens is 2. The van der Waals surface area contributed by atoms with E-state index in [-0.39, 0.29) is 18.2 Å². The number of carbonyl (C=O) groups is 4. The quantitative estimate of drug-likeness (QED) is 0.0462. The summed E-state index contributed by atoms with van der Waals surface area (Å²) in [5.41, 5.74) is 7.41. The molecule has 52 heavy (non-hydrogen) atoms. The van der Waals surface area contributed by atoms with Gasteiger partial charge in [-0.2, -0.15) is 0 Å². The van der Waals surface area contributed by atoms with Gasteiger partial charge in [-0.1, -0.05) is 83.6 Å². The lowest BCUT2D eigenvalue weighted by molar-refractivity contribution is -0.140. The summed E-state index contributed by atoms with van der Waals surface area (Å²) in [6, 6.07) is -1.57. The SMILES string of the molecule is C=C(COCCOCCNC(=O)CCCCCCCCCCCCCCCCC(=O)O)NCCCC[C@H](NCC(=O)[C@@H](N)Cc1cnc[nH]1)C(=O)O. The number of carboxylic acid groups (broad SMARTS) is 2. The summed E-state index contributed by atoms with van der Waals surface area (Å²) in [7, 11) is 0. The van der Waals surface area contributed by atoms with Crippen molar-refractivity contribution in [2.24, 2.45) is 5.73 Å². The first kappa shape index (κ1) is 46.7. The lowest BCUT2D eigenvalue weighted by Gasteiger charge is -2.16. The smallest absolute Gasteiger partial charge is 0.320 e. The Morgan fingerprint density at radius 3 is 1.94 bits per heavy atom. The van der Waals surface area contributed by atoms with Crippen molar-refractivity contribution in [2.75, 3.05) is 46.1 Å². The van der Waals surface area contributed by atoms with E-state index < -0.39 is 24.0 Å². The first-order valence-corrected chi connectivity index (χ1v) is 19.5. The van der Waals surface area contributed by atoms with Gasteiger partial charge in [0.15, 0.2) is 5.78 Å². The molecule has 8 N–H and O–H groups in total. The highest BCUT2D eigenvalue weighted by Gasteiger charge is 2.20. The third-order valence-electron chi connectivity index (χ3n) is 8.78. The van der Waals surface area contributed by atoms with Crippen molar-refractivity contribution in [3.63, 3.8) is 0 Å². The number of aromatic amines is 1. The Balaban J connectivity index is 1.86. The van der Waals surface area contributed by atoms with Gasteiger partial charge in [0.2, 0.25) is 5.91 Å². The van der Waals surface area contributed by atoms with Crippen LogP contribution in [0, 0.1) is 0 Å². The monoisotopic (exact) mass is 737 g/mol. The Kier molecular flexibility index (Phi) is 29.0. The number of unbranched alkanes of at least 4 members (excludes halogenated alkanes) is 14. The van der Waals surface area contributed by atoms with Crippen LogP contribution in [-0.4, -0.2) is 102 Å². The van der Waals surface area contributed by atoms with E-state index in [0.29, 0.717) is 71.6 Å². The van der Waals surface area contributed by atoms with E-state index in [1.165, 1.54) is 64.1 Å². The molecule has 1 rings (SSSR count). The highest BCUT2D eigenvalue weighted by atomic mass is 16.5. The Morgan fingerprint density at radius 2 is 1.37 bits per heavy atom. The van der Waals surface area contributed by atoms with E-state index in [2.05, 4.69) is 32.5 Å². The lowest BCUT2D eigenvalue weighted by Crippen LogP contribution is -2.45. The Morgan fingerprint density at radius 1 is 0.769 bits per heavy atom. The van der Waals surface area contributed by atoms with Gasteiger partial charge in [0, 0.05) is 49.9 Å². The second-order valence-electron chi connectivity index (χ2n) is 13.5. The number of hydrogen-bond donors (Lipinski definition) is 7. The number of ether oxygens (including phenoxy) is 2. The maximum atomic E-state index is 12.3. The Labute approximate surface area is 310 Å². The van der Waals surface area contributed by atoms with Gasteiger partial charge in [0.25, 0.3) is 0 Å². The highest BCUT2D eigenvalue weighted by molar-refractivity contribution is 5.86. The van der Waals surface area contributed by atoms with E-state index in [1.807, 2.05) is 0 Å². The minimum Gasteiger partial charge on any atom is -0.481 e. The van der Waals surface area contributed by atoms with Gasteiger partial charge in [-0.25, -0.2) is 4.98 Å². The molecule has 0 radical (unpaired) electrons. The molecule has 0 aromatic carbocycles. The zero-order chi connectivity index (χ0) is 38.1. The number of H-pyrrole nitrogens is 1. The van der Waals surface area contributed by atoms with Crippen LogP contribution in [0.4, 0.5) is 0 Å². The molecule has 0 aliphatic carbocycles. The van der Waals surface area contributed by atoms with Crippen molar-refractivity contribution in [3.8, 4) is 0 Å². The second kappa shape index (κ2) is 32.3. The van der Waals surface area contributed by atoms with Crippen molar-refractivity contribution in [3.05, 3.63) is 30.5 Å². The fourth-order valence-corrected chi connectivity index (χ4v) is 5.65. The second-order valence-corrected chi connectivity index (χ2v) is 13.5. The number of carbonyl (C=O) groups excluding carboxylic acids is 2. The molecule has 1 heterocycles. The summed E-state index contributed by atoms with van der Waals surface area (Å²) in [6.45, 7) is 6.53. The lowest BCUT2D eigenvalue weighted by atomic mass is 10.0. The molecule has 2 atom stereocenters. The molecule has 0 bridgehead atoms. The van der Waals surface area contributed by atoms with Crippen molar-refractivity contribution >= 4 is 23.6 Å². The van der Waals surface area contributed by atoms with Gasteiger partial charge >= 0.3 is 11.9 Å². The van der Waals surface area contributed by atoms with Crippen molar-refractivity contribution < 1.29 is 38.9 Å². The standard InChI is InChI=1S/C38H68N6O8/c1-31(41-21-17-16-18-34(38(49)50)43-28-35(45)33(39)26-32-27-40-30-44-32)29-52-25-24-51-23-22-42-36(46)19-14-12-10-8-6-4-2-3-5-7-9-11-13-15-20-37(47)48/h27,30,33-34,41,43H,1-26,28-29,39H2,(H,40,44)(H,42,46)(H,47,48)(H,49,50)/t33-,34-/m0/s1. The van der Waals surface area contributed by atoms with Crippen molar-refractivity contribution in [2.45, 2.75) is 141 Å². The van der Waals surface area contributed by atoms with Crippen LogP contribution in [0.3, 0.4) is 0 Å². The van der Waals surface area contributed by atoms with Crippen LogP contribution < -0.4 is 21.7 Å². The van der Waals surface area contributed by atoms with Gasteiger partial charge in [0.1, 0.15) is 6.04 Å². The van der Waals surface area contributed by atoms with E-state index in [0.717, 1.165) is 49.9 Å². The third-order valence-corrected chi connectivity index (χ3v) is 8.78. The maximum Gasteiger partial charge on any atom is 0.320 e. The maximum absolute atomic E-state index is 12.3. The molecule has 0 aliphatic rings. The summed E-state index contributed by atoms with van der Waals surface area (Å²) in [6.07, 6.45) is 22.3. The molecular formula is C38H68N6O8. The van der Waals surface area contributed by atoms with Gasteiger partial charge in [-0.05, 0) is 32.1 Å². The average molecular weight is 737 g/mol. The number of carboxylic acids is 2. The van der Waals surface area contributed by atoms with E-state index in [9.17, 15) is 24.3 Å². The number of amides is 1. The summed E-state index contributed by atoms with van der Waals surface area (Å²) in [5, 5.41) is 27.0. The molecule has 14 heteroatoms. The molecule has 1 amide bonds. The van der Waals surface area contributed by atoms with Crippen LogP contribution in [0.25, 0.3) is 0 Å². The molecule has 0 spiro atoms. The molecule has 0 saturated carbocycles. The number of imidazole rings is 1. The van der Waals surface area contributed by atoms with Crippen LogP contribution in [0.2, 0.25) is 0 Å². The minimum atomic E-state index is -1.00.